The number of ether oxygens (including phenoxy) is 2. The first-order valence-corrected chi connectivity index (χ1v) is 13.5. The molecule has 9 heteroatoms. The number of Topliss-reactive ketones (excluding diaryl/α,β-unsaturated/α-hetero) is 1. The van der Waals surface area contributed by atoms with Crippen molar-refractivity contribution in [2.24, 2.45) is 0 Å². The number of halogens is 1. The number of amides is 1. The number of hydrogen-bond donors (Lipinski definition) is 1. The highest BCUT2D eigenvalue weighted by Gasteiger charge is 2.48. The molecule has 1 amide bonds. The van der Waals surface area contributed by atoms with Crippen molar-refractivity contribution in [3.05, 3.63) is 88.7 Å². The van der Waals surface area contributed by atoms with Gasteiger partial charge in [-0.3, -0.25) is 14.5 Å². The van der Waals surface area contributed by atoms with Crippen molar-refractivity contribution in [2.45, 2.75) is 33.2 Å². The van der Waals surface area contributed by atoms with E-state index in [1.807, 2.05) is 39.0 Å². The molecule has 0 spiro atoms. The number of fused-ring (bicyclic) bond motifs is 1. The van der Waals surface area contributed by atoms with Crippen LogP contribution >= 0.6 is 11.3 Å². The zero-order chi connectivity index (χ0) is 27.7. The predicted molar refractivity (Wildman–Crippen MR) is 149 cm³/mol. The second kappa shape index (κ2) is 10.9. The van der Waals surface area contributed by atoms with Crippen LogP contribution in [0.3, 0.4) is 0 Å². The van der Waals surface area contributed by atoms with Crippen molar-refractivity contribution in [3.63, 3.8) is 0 Å². The van der Waals surface area contributed by atoms with E-state index in [4.69, 9.17) is 9.47 Å². The quantitative estimate of drug-likeness (QED) is 0.153. The third-order valence-corrected chi connectivity index (χ3v) is 7.36. The second-order valence-electron chi connectivity index (χ2n) is 9.13. The molecule has 3 aromatic carbocycles. The number of carbonyl (C=O) groups excluding carboxylic acids is 2. The van der Waals surface area contributed by atoms with Crippen LogP contribution < -0.4 is 14.4 Å². The maximum Gasteiger partial charge on any atom is 0.301 e. The molecule has 5 rings (SSSR count). The fourth-order valence-corrected chi connectivity index (χ4v) is 5.62. The number of aliphatic hydroxyl groups excluding tert-OH is 1. The summed E-state index contributed by atoms with van der Waals surface area (Å²) in [5, 5.41) is 11.6. The zero-order valence-corrected chi connectivity index (χ0v) is 22.5. The number of thiazole rings is 1. The third kappa shape index (κ3) is 4.97. The van der Waals surface area contributed by atoms with Gasteiger partial charge in [0.25, 0.3) is 5.78 Å². The second-order valence-corrected chi connectivity index (χ2v) is 10.1. The van der Waals surface area contributed by atoms with Crippen LogP contribution in [0.25, 0.3) is 16.0 Å². The minimum Gasteiger partial charge on any atom is -0.507 e. The number of aliphatic hydroxyl groups is 1. The molecule has 7 nitrogen and oxygen atoms in total. The molecule has 1 atom stereocenters. The van der Waals surface area contributed by atoms with Crippen molar-refractivity contribution in [3.8, 4) is 11.5 Å². The van der Waals surface area contributed by atoms with Crippen LogP contribution in [0, 0.1) is 12.7 Å². The van der Waals surface area contributed by atoms with Gasteiger partial charge in [0.05, 0.1) is 35.0 Å². The van der Waals surface area contributed by atoms with E-state index in [1.165, 1.54) is 40.5 Å². The Labute approximate surface area is 229 Å². The first-order chi connectivity index (χ1) is 18.8. The van der Waals surface area contributed by atoms with Gasteiger partial charge in [0.2, 0.25) is 0 Å². The summed E-state index contributed by atoms with van der Waals surface area (Å²) < 4.78 is 26.1. The molecule has 0 saturated carbocycles. The van der Waals surface area contributed by atoms with Crippen LogP contribution in [-0.4, -0.2) is 35.0 Å². The molecule has 1 unspecified atom stereocenters. The molecule has 4 aromatic rings. The van der Waals surface area contributed by atoms with Crippen molar-refractivity contribution < 1.29 is 28.6 Å². The summed E-state index contributed by atoms with van der Waals surface area (Å²) in [5.74, 6) is -1.58. The summed E-state index contributed by atoms with van der Waals surface area (Å²) in [6, 6.07) is 15.0. The first-order valence-electron chi connectivity index (χ1n) is 12.7. The smallest absolute Gasteiger partial charge is 0.301 e. The maximum absolute atomic E-state index is 13.6. The number of hydrogen-bond acceptors (Lipinski definition) is 7. The average Bonchev–Trinajstić information content (AvgIpc) is 3.45. The number of carbonyl (C=O) groups is 2. The molecular formula is C30H27FN2O5S. The Kier molecular flexibility index (Phi) is 7.34. The molecule has 0 aliphatic carbocycles. The van der Waals surface area contributed by atoms with E-state index in [0.29, 0.717) is 40.9 Å². The lowest BCUT2D eigenvalue weighted by Crippen LogP contribution is -2.29. The van der Waals surface area contributed by atoms with E-state index in [1.54, 1.807) is 18.2 Å². The van der Waals surface area contributed by atoms with E-state index in [2.05, 4.69) is 4.98 Å². The molecule has 1 aliphatic rings. The highest BCUT2D eigenvalue weighted by molar-refractivity contribution is 7.22. The van der Waals surface area contributed by atoms with Gasteiger partial charge in [0, 0.05) is 5.56 Å². The van der Waals surface area contributed by atoms with Gasteiger partial charge in [-0.1, -0.05) is 30.4 Å². The summed E-state index contributed by atoms with van der Waals surface area (Å²) in [5.41, 5.74) is 2.36. The summed E-state index contributed by atoms with van der Waals surface area (Å²) >= 11 is 1.29. The number of benzene rings is 3. The SMILES string of the molecule is CCCOc1ccc(C2/C(=C(\O)c3ccc(F)cc3)C(=O)C(=O)N2c2nc3ccc(C)cc3s2)cc1OCC. The van der Waals surface area contributed by atoms with E-state index < -0.39 is 29.3 Å². The van der Waals surface area contributed by atoms with Gasteiger partial charge in [-0.15, -0.1) is 0 Å². The Hall–Kier alpha value is -4.24. The Balaban J connectivity index is 1.71. The molecule has 0 radical (unpaired) electrons. The van der Waals surface area contributed by atoms with Crippen molar-refractivity contribution in [2.75, 3.05) is 18.1 Å². The van der Waals surface area contributed by atoms with Crippen molar-refractivity contribution in [1.29, 1.82) is 0 Å². The highest BCUT2D eigenvalue weighted by atomic mass is 32.1. The van der Waals surface area contributed by atoms with E-state index in [0.717, 1.165) is 16.7 Å². The van der Waals surface area contributed by atoms with E-state index in [9.17, 15) is 19.1 Å². The van der Waals surface area contributed by atoms with Crippen LogP contribution in [-0.2, 0) is 9.59 Å². The van der Waals surface area contributed by atoms with Gasteiger partial charge >= 0.3 is 5.91 Å². The summed E-state index contributed by atoms with van der Waals surface area (Å²) in [6.07, 6.45) is 0.808. The Bertz CT molecular complexity index is 1590. The summed E-state index contributed by atoms with van der Waals surface area (Å²) in [7, 11) is 0. The topological polar surface area (TPSA) is 89.0 Å². The number of aryl methyl sites for hydroxylation is 1. The normalized spacial score (nSPS) is 16.7. The molecular weight excluding hydrogens is 519 g/mol. The lowest BCUT2D eigenvalue weighted by Gasteiger charge is -2.24. The monoisotopic (exact) mass is 546 g/mol. The van der Waals surface area contributed by atoms with Crippen molar-refractivity contribution in [1.82, 2.24) is 4.98 Å². The Morgan fingerprint density at radius 1 is 1.03 bits per heavy atom. The Morgan fingerprint density at radius 3 is 2.51 bits per heavy atom. The van der Waals surface area contributed by atoms with Gasteiger partial charge in [-0.25, -0.2) is 9.37 Å². The van der Waals surface area contributed by atoms with Crippen LogP contribution in [0.5, 0.6) is 11.5 Å². The number of ketones is 1. The number of nitrogens with zero attached hydrogens (tertiary/aromatic N) is 2. The van der Waals surface area contributed by atoms with E-state index in [-0.39, 0.29) is 11.1 Å². The highest BCUT2D eigenvalue weighted by Crippen LogP contribution is 2.46. The minimum absolute atomic E-state index is 0.119. The molecule has 1 aromatic heterocycles. The standard InChI is InChI=1S/C30H27FN2O5S/c1-4-14-38-22-13-9-19(16-23(22)37-5-2)26-25(27(34)18-7-10-20(31)11-8-18)28(35)29(36)33(26)30-32-21-12-6-17(3)15-24(21)39-30/h6-13,15-16,26,34H,4-5,14H2,1-3H3/b27-25+. The molecule has 1 aliphatic heterocycles. The van der Waals surface area contributed by atoms with E-state index >= 15 is 0 Å². The molecule has 200 valence electrons. The summed E-state index contributed by atoms with van der Waals surface area (Å²) in [4.78, 5) is 33.0. The molecule has 2 heterocycles. The number of rotatable bonds is 8. The molecule has 1 fully saturated rings. The van der Waals surface area contributed by atoms with Gasteiger partial charge in [-0.2, -0.15) is 0 Å². The fraction of sp³-hybridized carbons (Fsp3) is 0.233. The van der Waals surface area contributed by atoms with Crippen LogP contribution in [0.2, 0.25) is 0 Å². The lowest BCUT2D eigenvalue weighted by atomic mass is 9.95. The van der Waals surface area contributed by atoms with Gasteiger partial charge in [-0.05, 0) is 79.9 Å². The Morgan fingerprint density at radius 2 is 1.79 bits per heavy atom. The fourth-order valence-electron chi connectivity index (χ4n) is 4.53. The lowest BCUT2D eigenvalue weighted by molar-refractivity contribution is -0.132. The third-order valence-electron chi connectivity index (χ3n) is 6.35. The molecule has 1 N–H and O–H groups in total. The van der Waals surface area contributed by atoms with Crippen LogP contribution in [0.15, 0.2) is 66.2 Å². The number of aromatic nitrogens is 1. The largest absolute Gasteiger partial charge is 0.507 e. The molecule has 0 bridgehead atoms. The minimum atomic E-state index is -1.00. The predicted octanol–water partition coefficient (Wildman–Crippen LogP) is 6.56. The van der Waals surface area contributed by atoms with Gasteiger partial charge in [0.1, 0.15) is 11.6 Å². The zero-order valence-electron chi connectivity index (χ0n) is 21.7. The van der Waals surface area contributed by atoms with Crippen LogP contribution in [0.4, 0.5) is 9.52 Å². The van der Waals surface area contributed by atoms with Gasteiger partial charge < -0.3 is 14.6 Å². The molecule has 39 heavy (non-hydrogen) atoms. The first kappa shape index (κ1) is 26.4. The number of anilines is 1. The summed E-state index contributed by atoms with van der Waals surface area (Å²) in [6.45, 7) is 6.68. The molecule has 1 saturated heterocycles. The van der Waals surface area contributed by atoms with Crippen molar-refractivity contribution >= 4 is 44.1 Å². The van der Waals surface area contributed by atoms with Crippen LogP contribution in [0.1, 0.15) is 43.0 Å². The average molecular weight is 547 g/mol. The van der Waals surface area contributed by atoms with Gasteiger partial charge in [0.15, 0.2) is 16.6 Å². The maximum atomic E-state index is 13.6.